The maximum atomic E-state index is 13.6. The van der Waals surface area contributed by atoms with E-state index in [0.717, 1.165) is 16.7 Å². The summed E-state index contributed by atoms with van der Waals surface area (Å²) in [6.07, 6.45) is 1.43. The Labute approximate surface area is 245 Å². The molecule has 2 amide bonds. The van der Waals surface area contributed by atoms with Crippen molar-refractivity contribution in [3.8, 4) is 0 Å². The average Bonchev–Trinajstić information content (AvgIpc) is 3.80. The number of amides is 2. The van der Waals surface area contributed by atoms with Gasteiger partial charge in [0.1, 0.15) is 17.8 Å². The van der Waals surface area contributed by atoms with Crippen LogP contribution in [0.2, 0.25) is 0 Å². The van der Waals surface area contributed by atoms with Crippen LogP contribution in [-0.2, 0) is 15.1 Å². The normalized spacial score (nSPS) is 16.9. The lowest BCUT2D eigenvalue weighted by atomic mass is 9.76. The number of hydrogen-bond donors (Lipinski definition) is 2. The monoisotopic (exact) mass is 562 g/mol. The van der Waals surface area contributed by atoms with E-state index in [1.807, 2.05) is 54.6 Å². The van der Waals surface area contributed by atoms with Gasteiger partial charge in [0.05, 0.1) is 17.4 Å². The smallest absolute Gasteiger partial charge is 0.326 e. The highest BCUT2D eigenvalue weighted by Gasteiger charge is 2.55. The Kier molecular flexibility index (Phi) is 8.17. The SMILES string of the molecule is CC(C)C(C(=O)O)N(C)C(=O)c1ccc(NC(=O)C2CN2C(c2ccccc2)(c2ccccc2)c2ccccc2)cn1. The van der Waals surface area contributed by atoms with E-state index in [2.05, 4.69) is 51.6 Å². The Hall–Kier alpha value is -4.82. The lowest BCUT2D eigenvalue weighted by Gasteiger charge is -2.38. The van der Waals surface area contributed by atoms with Crippen molar-refractivity contribution in [2.75, 3.05) is 18.9 Å². The highest BCUT2D eigenvalue weighted by molar-refractivity contribution is 5.98. The molecule has 8 nitrogen and oxygen atoms in total. The van der Waals surface area contributed by atoms with E-state index < -0.39 is 29.5 Å². The number of hydrogen-bond acceptors (Lipinski definition) is 5. The third-order valence-electron chi connectivity index (χ3n) is 7.79. The molecule has 1 aliphatic heterocycles. The molecule has 4 aromatic rings. The molecule has 0 saturated carbocycles. The number of benzene rings is 3. The maximum absolute atomic E-state index is 13.6. The summed E-state index contributed by atoms with van der Waals surface area (Å²) in [6, 6.07) is 32.4. The van der Waals surface area contributed by atoms with Crippen LogP contribution in [0.3, 0.4) is 0 Å². The van der Waals surface area contributed by atoms with Crippen LogP contribution in [0.1, 0.15) is 41.0 Å². The van der Waals surface area contributed by atoms with Crippen LogP contribution in [0, 0.1) is 5.92 Å². The number of carboxylic acids is 1. The van der Waals surface area contributed by atoms with Crippen molar-refractivity contribution >= 4 is 23.5 Å². The zero-order valence-corrected chi connectivity index (χ0v) is 23.8. The van der Waals surface area contributed by atoms with Gasteiger partial charge in [-0.25, -0.2) is 9.78 Å². The maximum Gasteiger partial charge on any atom is 0.326 e. The Morgan fingerprint density at radius 1 is 0.857 bits per heavy atom. The number of nitrogens with one attached hydrogen (secondary N) is 1. The summed E-state index contributed by atoms with van der Waals surface area (Å²) in [5.74, 6) is -2.02. The predicted octanol–water partition coefficient (Wildman–Crippen LogP) is 4.88. The molecule has 42 heavy (non-hydrogen) atoms. The second-order valence-electron chi connectivity index (χ2n) is 10.8. The molecule has 2 N–H and O–H groups in total. The molecule has 3 unspecified atom stereocenters. The highest BCUT2D eigenvalue weighted by Crippen LogP contribution is 2.48. The molecule has 1 saturated heterocycles. The number of carbonyl (C=O) groups is 3. The number of pyridine rings is 1. The highest BCUT2D eigenvalue weighted by atomic mass is 16.4. The second kappa shape index (κ2) is 12.0. The molecule has 5 rings (SSSR count). The molecule has 3 atom stereocenters. The Morgan fingerprint density at radius 2 is 1.36 bits per heavy atom. The molecule has 0 aliphatic carbocycles. The van der Waals surface area contributed by atoms with E-state index in [4.69, 9.17) is 0 Å². The van der Waals surface area contributed by atoms with Crippen molar-refractivity contribution in [1.82, 2.24) is 14.8 Å². The van der Waals surface area contributed by atoms with Gasteiger partial charge in [-0.1, -0.05) is 105 Å². The van der Waals surface area contributed by atoms with Crippen molar-refractivity contribution in [3.63, 3.8) is 0 Å². The fourth-order valence-corrected chi connectivity index (χ4v) is 5.79. The summed E-state index contributed by atoms with van der Waals surface area (Å²) < 4.78 is 0. The first-order valence-electron chi connectivity index (χ1n) is 13.9. The largest absolute Gasteiger partial charge is 0.480 e. The van der Waals surface area contributed by atoms with Crippen molar-refractivity contribution in [3.05, 3.63) is 132 Å². The molecular weight excluding hydrogens is 528 g/mol. The van der Waals surface area contributed by atoms with E-state index in [1.54, 1.807) is 19.9 Å². The minimum absolute atomic E-state index is 0.103. The average molecular weight is 563 g/mol. The van der Waals surface area contributed by atoms with Gasteiger partial charge in [-0.2, -0.15) is 0 Å². The molecule has 3 aromatic carbocycles. The quantitative estimate of drug-likeness (QED) is 0.211. The fourth-order valence-electron chi connectivity index (χ4n) is 5.79. The third-order valence-corrected chi connectivity index (χ3v) is 7.79. The molecule has 2 heterocycles. The molecule has 1 aliphatic rings. The summed E-state index contributed by atoms with van der Waals surface area (Å²) in [7, 11) is 1.46. The Bertz CT molecular complexity index is 1450. The number of carbonyl (C=O) groups excluding carboxylic acids is 2. The molecule has 0 spiro atoms. The Balaban J connectivity index is 1.39. The minimum Gasteiger partial charge on any atom is -0.480 e. The van der Waals surface area contributed by atoms with Crippen LogP contribution in [0.25, 0.3) is 0 Å². The van der Waals surface area contributed by atoms with Crippen LogP contribution in [0.5, 0.6) is 0 Å². The van der Waals surface area contributed by atoms with Gasteiger partial charge >= 0.3 is 5.97 Å². The van der Waals surface area contributed by atoms with Gasteiger partial charge in [-0.05, 0) is 34.7 Å². The summed E-state index contributed by atoms with van der Waals surface area (Å²) >= 11 is 0. The van der Waals surface area contributed by atoms with E-state index in [-0.39, 0.29) is 17.5 Å². The molecule has 214 valence electrons. The molecular formula is C34H34N4O4. The van der Waals surface area contributed by atoms with Gasteiger partial charge in [0.25, 0.3) is 5.91 Å². The van der Waals surface area contributed by atoms with Gasteiger partial charge in [0, 0.05) is 13.6 Å². The summed E-state index contributed by atoms with van der Waals surface area (Å²) in [4.78, 5) is 45.8. The van der Waals surface area contributed by atoms with Crippen LogP contribution in [0.15, 0.2) is 109 Å². The van der Waals surface area contributed by atoms with Crippen molar-refractivity contribution in [1.29, 1.82) is 0 Å². The summed E-state index contributed by atoms with van der Waals surface area (Å²) in [5.41, 5.74) is 3.07. The summed E-state index contributed by atoms with van der Waals surface area (Å²) in [6.45, 7) is 4.04. The first kappa shape index (κ1) is 28.7. The van der Waals surface area contributed by atoms with Crippen LogP contribution in [-0.4, -0.2) is 63.4 Å². The first-order chi connectivity index (χ1) is 20.2. The van der Waals surface area contributed by atoms with Crippen molar-refractivity contribution < 1.29 is 19.5 Å². The molecule has 8 heteroatoms. The topological polar surface area (TPSA) is 103 Å². The van der Waals surface area contributed by atoms with E-state index in [1.165, 1.54) is 24.2 Å². The van der Waals surface area contributed by atoms with Gasteiger partial charge in [-0.15, -0.1) is 0 Å². The standard InChI is InChI=1S/C34H34N4O4/c1-23(2)30(33(41)42)37(3)32(40)28-20-19-27(21-35-28)36-31(39)29-22-38(29)34(24-13-7-4-8-14-24,25-15-9-5-10-16-25)26-17-11-6-12-18-26/h4-21,23,29-30H,22H2,1-3H3,(H,36,39)(H,41,42). The molecule has 0 bridgehead atoms. The van der Waals surface area contributed by atoms with Crippen LogP contribution in [0.4, 0.5) is 5.69 Å². The van der Waals surface area contributed by atoms with Gasteiger partial charge < -0.3 is 15.3 Å². The van der Waals surface area contributed by atoms with Gasteiger partial charge in [-0.3, -0.25) is 14.5 Å². The van der Waals surface area contributed by atoms with Gasteiger partial charge in [0.15, 0.2) is 0 Å². The molecule has 1 fully saturated rings. The predicted molar refractivity (Wildman–Crippen MR) is 161 cm³/mol. The number of rotatable bonds is 10. The number of aromatic nitrogens is 1. The number of carboxylic acid groups (broad SMARTS) is 1. The van der Waals surface area contributed by atoms with E-state index in [0.29, 0.717) is 12.2 Å². The lowest BCUT2D eigenvalue weighted by Crippen LogP contribution is -2.45. The number of likely N-dealkylation sites (N-methyl/N-ethyl adjacent to an activating group) is 1. The third kappa shape index (κ3) is 5.41. The van der Waals surface area contributed by atoms with Crippen LogP contribution < -0.4 is 5.32 Å². The minimum atomic E-state index is -1.07. The Morgan fingerprint density at radius 3 is 1.76 bits per heavy atom. The number of nitrogens with zero attached hydrogens (tertiary/aromatic N) is 3. The van der Waals surface area contributed by atoms with E-state index >= 15 is 0 Å². The fraction of sp³-hybridized carbons (Fsp3) is 0.235. The van der Waals surface area contributed by atoms with E-state index in [9.17, 15) is 19.5 Å². The molecule has 1 aromatic heterocycles. The van der Waals surface area contributed by atoms with Gasteiger partial charge in [0.2, 0.25) is 5.91 Å². The first-order valence-corrected chi connectivity index (χ1v) is 13.9. The zero-order valence-electron chi connectivity index (χ0n) is 23.8. The number of aliphatic carboxylic acids is 1. The zero-order chi connectivity index (χ0) is 29.9. The van der Waals surface area contributed by atoms with Crippen molar-refractivity contribution in [2.45, 2.75) is 31.5 Å². The molecule has 0 radical (unpaired) electrons. The summed E-state index contributed by atoms with van der Waals surface area (Å²) in [5, 5.41) is 12.5. The number of anilines is 1. The van der Waals surface area contributed by atoms with Crippen LogP contribution >= 0.6 is 0 Å². The van der Waals surface area contributed by atoms with Crippen molar-refractivity contribution in [2.24, 2.45) is 5.92 Å². The lowest BCUT2D eigenvalue weighted by molar-refractivity contribution is -0.143. The second-order valence-corrected chi connectivity index (χ2v) is 10.8.